The molecule has 1 aromatic carbocycles. The third kappa shape index (κ3) is 5.00. The van der Waals surface area contributed by atoms with E-state index in [1.54, 1.807) is 0 Å². The van der Waals surface area contributed by atoms with E-state index in [1.165, 1.54) is 0 Å². The van der Waals surface area contributed by atoms with Crippen LogP contribution in [0.15, 0.2) is 24.3 Å². The molecule has 4 nitrogen and oxygen atoms in total. The molecule has 0 aromatic heterocycles. The summed E-state index contributed by atoms with van der Waals surface area (Å²) in [7, 11) is 1.84. The average molecular weight is 246 g/mol. The van der Waals surface area contributed by atoms with Crippen LogP contribution in [0.25, 0.3) is 0 Å². The molecule has 0 saturated carbocycles. The molecular formula is C14H18N2O2. The van der Waals surface area contributed by atoms with Gasteiger partial charge >= 0.3 is 0 Å². The largest absolute Gasteiger partial charge is 0.395 e. The summed E-state index contributed by atoms with van der Waals surface area (Å²) in [5, 5.41) is 8.70. The van der Waals surface area contributed by atoms with Gasteiger partial charge in [0.2, 0.25) is 5.91 Å². The molecule has 0 spiro atoms. The molecule has 1 amide bonds. The van der Waals surface area contributed by atoms with Crippen molar-refractivity contribution in [1.29, 1.82) is 0 Å². The van der Waals surface area contributed by atoms with Gasteiger partial charge in [0.15, 0.2) is 0 Å². The number of nitrogens with two attached hydrogens (primary N) is 1. The summed E-state index contributed by atoms with van der Waals surface area (Å²) >= 11 is 0. The first kappa shape index (κ1) is 14.2. The van der Waals surface area contributed by atoms with Crippen molar-refractivity contribution in [3.05, 3.63) is 35.4 Å². The zero-order valence-corrected chi connectivity index (χ0v) is 10.5. The van der Waals surface area contributed by atoms with E-state index in [0.717, 1.165) is 11.1 Å². The number of primary amides is 1. The first-order valence-corrected chi connectivity index (χ1v) is 5.78. The molecule has 1 aromatic rings. The monoisotopic (exact) mass is 246 g/mol. The highest BCUT2D eigenvalue weighted by Gasteiger charge is 2.06. The van der Waals surface area contributed by atoms with Gasteiger partial charge in [0.1, 0.15) is 0 Å². The molecule has 0 fully saturated rings. The molecule has 0 aliphatic carbocycles. The van der Waals surface area contributed by atoms with Crippen LogP contribution in [0.1, 0.15) is 17.5 Å². The van der Waals surface area contributed by atoms with Crippen LogP contribution >= 0.6 is 0 Å². The van der Waals surface area contributed by atoms with E-state index in [-0.39, 0.29) is 19.1 Å². The van der Waals surface area contributed by atoms with Crippen LogP contribution in [-0.4, -0.2) is 36.1 Å². The van der Waals surface area contributed by atoms with Gasteiger partial charge in [-0.1, -0.05) is 30.0 Å². The van der Waals surface area contributed by atoms with Crippen molar-refractivity contribution in [1.82, 2.24) is 4.90 Å². The Morgan fingerprint density at radius 1 is 1.44 bits per heavy atom. The molecule has 0 unspecified atom stereocenters. The normalized spacial score (nSPS) is 9.94. The highest BCUT2D eigenvalue weighted by Crippen LogP contribution is 2.09. The zero-order valence-electron chi connectivity index (χ0n) is 10.5. The van der Waals surface area contributed by atoms with Gasteiger partial charge in [-0.3, -0.25) is 9.69 Å². The molecule has 4 heteroatoms. The molecule has 3 N–H and O–H groups in total. The van der Waals surface area contributed by atoms with Gasteiger partial charge in [-0.15, -0.1) is 0 Å². The van der Waals surface area contributed by atoms with E-state index in [0.29, 0.717) is 13.0 Å². The number of nitrogens with zero attached hydrogens (tertiary/aromatic N) is 1. The summed E-state index contributed by atoms with van der Waals surface area (Å²) in [4.78, 5) is 12.7. The molecular weight excluding hydrogens is 228 g/mol. The van der Waals surface area contributed by atoms with E-state index in [1.807, 2.05) is 36.2 Å². The second-order valence-electron chi connectivity index (χ2n) is 4.07. The maximum Gasteiger partial charge on any atom is 0.231 e. The standard InChI is InChI=1S/C14H18N2O2/c1-16(11-14(15)18)10-13-8-3-2-6-12(13)7-4-5-9-17/h2-3,6,8,17H,5,9-11H2,1H3,(H2,15,18). The maximum atomic E-state index is 10.8. The molecule has 0 aliphatic rings. The fourth-order valence-corrected chi connectivity index (χ4v) is 1.61. The topological polar surface area (TPSA) is 66.6 Å². The van der Waals surface area contributed by atoms with Crippen molar-refractivity contribution < 1.29 is 9.90 Å². The summed E-state index contributed by atoms with van der Waals surface area (Å²) in [6.07, 6.45) is 0.464. The molecule has 0 heterocycles. The van der Waals surface area contributed by atoms with Crippen molar-refractivity contribution in [2.24, 2.45) is 5.73 Å². The minimum Gasteiger partial charge on any atom is -0.395 e. The smallest absolute Gasteiger partial charge is 0.231 e. The minimum atomic E-state index is -0.346. The van der Waals surface area contributed by atoms with E-state index in [4.69, 9.17) is 10.8 Å². The molecule has 0 saturated heterocycles. The Kier molecular flexibility index (Phi) is 5.92. The van der Waals surface area contributed by atoms with Crippen LogP contribution in [0.4, 0.5) is 0 Å². The molecule has 0 aliphatic heterocycles. The summed E-state index contributed by atoms with van der Waals surface area (Å²) < 4.78 is 0. The van der Waals surface area contributed by atoms with Gasteiger partial charge in [-0.2, -0.15) is 0 Å². The number of likely N-dealkylation sites (N-methyl/N-ethyl adjacent to an activating group) is 1. The van der Waals surface area contributed by atoms with Crippen LogP contribution in [0.5, 0.6) is 0 Å². The number of carbonyl (C=O) groups is 1. The van der Waals surface area contributed by atoms with Crippen LogP contribution in [0.2, 0.25) is 0 Å². The van der Waals surface area contributed by atoms with E-state index in [9.17, 15) is 4.79 Å². The van der Waals surface area contributed by atoms with Gasteiger partial charge < -0.3 is 10.8 Å². The molecule has 96 valence electrons. The lowest BCUT2D eigenvalue weighted by Gasteiger charge is -2.15. The van der Waals surface area contributed by atoms with E-state index >= 15 is 0 Å². The maximum absolute atomic E-state index is 10.8. The minimum absolute atomic E-state index is 0.0662. The van der Waals surface area contributed by atoms with Gasteiger partial charge in [0, 0.05) is 18.5 Å². The fraction of sp³-hybridized carbons (Fsp3) is 0.357. The van der Waals surface area contributed by atoms with Crippen molar-refractivity contribution in [3.8, 4) is 11.8 Å². The number of amides is 1. The van der Waals surface area contributed by atoms with Gasteiger partial charge in [-0.05, 0) is 18.7 Å². The Balaban J connectivity index is 2.76. The SMILES string of the molecule is CN(CC(N)=O)Cc1ccccc1C#CCCO. The molecule has 0 radical (unpaired) electrons. The van der Waals surface area contributed by atoms with Crippen LogP contribution in [-0.2, 0) is 11.3 Å². The number of rotatable bonds is 5. The lowest BCUT2D eigenvalue weighted by atomic mass is 10.1. The highest BCUT2D eigenvalue weighted by atomic mass is 16.2. The third-order valence-electron chi connectivity index (χ3n) is 2.34. The van der Waals surface area contributed by atoms with Gasteiger partial charge in [-0.25, -0.2) is 0 Å². The first-order chi connectivity index (χ1) is 8.63. The predicted molar refractivity (Wildman–Crippen MR) is 70.6 cm³/mol. The van der Waals surface area contributed by atoms with Crippen molar-refractivity contribution in [2.75, 3.05) is 20.2 Å². The fourth-order valence-electron chi connectivity index (χ4n) is 1.61. The Morgan fingerprint density at radius 3 is 2.83 bits per heavy atom. The summed E-state index contributed by atoms with van der Waals surface area (Å²) in [6.45, 7) is 0.905. The van der Waals surface area contributed by atoms with Crippen molar-refractivity contribution in [2.45, 2.75) is 13.0 Å². The predicted octanol–water partition coefficient (Wildman–Crippen LogP) is 0.338. The highest BCUT2D eigenvalue weighted by molar-refractivity contribution is 5.75. The number of aliphatic hydroxyl groups is 1. The van der Waals surface area contributed by atoms with Gasteiger partial charge in [0.25, 0.3) is 0 Å². The number of carbonyl (C=O) groups excluding carboxylic acids is 1. The second-order valence-corrected chi connectivity index (χ2v) is 4.07. The summed E-state index contributed by atoms with van der Waals surface area (Å²) in [5.41, 5.74) is 7.11. The zero-order chi connectivity index (χ0) is 13.4. The van der Waals surface area contributed by atoms with Gasteiger partial charge in [0.05, 0.1) is 13.2 Å². The van der Waals surface area contributed by atoms with Crippen molar-refractivity contribution in [3.63, 3.8) is 0 Å². The summed E-state index contributed by atoms with van der Waals surface area (Å²) in [6, 6.07) is 7.75. The van der Waals surface area contributed by atoms with E-state index < -0.39 is 0 Å². The van der Waals surface area contributed by atoms with E-state index in [2.05, 4.69) is 11.8 Å². The van der Waals surface area contributed by atoms with Crippen molar-refractivity contribution >= 4 is 5.91 Å². The first-order valence-electron chi connectivity index (χ1n) is 5.78. The number of hydrogen-bond donors (Lipinski definition) is 2. The van der Waals surface area contributed by atoms with Crippen LogP contribution in [0, 0.1) is 11.8 Å². The quantitative estimate of drug-likeness (QED) is 0.736. The van der Waals surface area contributed by atoms with Crippen LogP contribution < -0.4 is 5.73 Å². The summed E-state index contributed by atoms with van der Waals surface area (Å²) in [5.74, 6) is 5.57. The number of hydrogen-bond acceptors (Lipinski definition) is 3. The lowest BCUT2D eigenvalue weighted by molar-refractivity contribution is -0.118. The number of aliphatic hydroxyl groups excluding tert-OH is 1. The Bertz CT molecular complexity index is 460. The lowest BCUT2D eigenvalue weighted by Crippen LogP contribution is -2.30. The Morgan fingerprint density at radius 2 is 2.17 bits per heavy atom. The third-order valence-corrected chi connectivity index (χ3v) is 2.34. The average Bonchev–Trinajstić information content (AvgIpc) is 2.30. The Labute approximate surface area is 107 Å². The second kappa shape index (κ2) is 7.49. The number of benzene rings is 1. The Hall–Kier alpha value is -1.83. The van der Waals surface area contributed by atoms with Crippen LogP contribution in [0.3, 0.4) is 0 Å². The molecule has 1 rings (SSSR count). The molecule has 0 atom stereocenters. The molecule has 0 bridgehead atoms. The molecule has 18 heavy (non-hydrogen) atoms.